The average molecular weight is 322 g/mol. The molecule has 2 fully saturated rings. The monoisotopic (exact) mass is 322 g/mol. The molecule has 3 rings (SSSR count). The Kier molecular flexibility index (Phi) is 3.82. The first kappa shape index (κ1) is 16.5. The van der Waals surface area contributed by atoms with Gasteiger partial charge in [-0.2, -0.15) is 0 Å². The minimum atomic E-state index is -0.971. The van der Waals surface area contributed by atoms with E-state index in [4.69, 9.17) is 14.2 Å². The molecule has 1 heterocycles. The summed E-state index contributed by atoms with van der Waals surface area (Å²) in [7, 11) is 1.58. The van der Waals surface area contributed by atoms with Crippen molar-refractivity contribution in [2.24, 2.45) is 17.3 Å². The van der Waals surface area contributed by atoms with Crippen molar-refractivity contribution in [3.05, 3.63) is 11.1 Å². The predicted octanol–water partition coefficient (Wildman–Crippen LogP) is 2.98. The zero-order valence-electron chi connectivity index (χ0n) is 14.6. The van der Waals surface area contributed by atoms with Crippen LogP contribution in [0.2, 0.25) is 0 Å². The Morgan fingerprint density at radius 2 is 2.04 bits per heavy atom. The number of esters is 2. The van der Waals surface area contributed by atoms with Crippen LogP contribution >= 0.6 is 0 Å². The molecular formula is C18H26O5. The molecule has 0 radical (unpaired) electrons. The summed E-state index contributed by atoms with van der Waals surface area (Å²) in [5.41, 5.74) is 1.62. The van der Waals surface area contributed by atoms with Crippen LogP contribution in [0.15, 0.2) is 11.1 Å². The predicted molar refractivity (Wildman–Crippen MR) is 83.3 cm³/mol. The van der Waals surface area contributed by atoms with Crippen LogP contribution in [0, 0.1) is 17.3 Å². The highest BCUT2D eigenvalue weighted by Crippen LogP contribution is 2.60. The Hall–Kier alpha value is -1.36. The summed E-state index contributed by atoms with van der Waals surface area (Å²) in [5, 5.41) is 0. The molecule has 2 aliphatic carbocycles. The summed E-state index contributed by atoms with van der Waals surface area (Å²) in [6, 6.07) is 0. The highest BCUT2D eigenvalue weighted by Gasteiger charge is 2.61. The smallest absolute Gasteiger partial charge is 0.336 e. The van der Waals surface area contributed by atoms with E-state index in [1.807, 2.05) is 6.92 Å². The van der Waals surface area contributed by atoms with Gasteiger partial charge in [0.25, 0.3) is 0 Å². The van der Waals surface area contributed by atoms with Crippen molar-refractivity contribution in [1.82, 2.24) is 0 Å². The molecule has 0 spiro atoms. The molecule has 128 valence electrons. The zero-order valence-corrected chi connectivity index (χ0v) is 14.6. The van der Waals surface area contributed by atoms with Gasteiger partial charge < -0.3 is 14.2 Å². The van der Waals surface area contributed by atoms with Gasteiger partial charge in [-0.15, -0.1) is 0 Å². The van der Waals surface area contributed by atoms with Gasteiger partial charge in [0.05, 0.1) is 0 Å². The minimum absolute atomic E-state index is 0.0228. The second-order valence-corrected chi connectivity index (χ2v) is 7.57. The van der Waals surface area contributed by atoms with Gasteiger partial charge in [0.2, 0.25) is 5.79 Å². The third-order valence-electron chi connectivity index (χ3n) is 6.48. The molecule has 0 saturated heterocycles. The molecule has 0 N–H and O–H groups in total. The molecule has 23 heavy (non-hydrogen) atoms. The largest absolute Gasteiger partial charge is 0.462 e. The summed E-state index contributed by atoms with van der Waals surface area (Å²) >= 11 is 0. The van der Waals surface area contributed by atoms with Crippen molar-refractivity contribution in [3.63, 3.8) is 0 Å². The van der Waals surface area contributed by atoms with Crippen LogP contribution in [-0.2, 0) is 23.8 Å². The molecule has 3 aliphatic rings. The van der Waals surface area contributed by atoms with Gasteiger partial charge in [-0.1, -0.05) is 13.8 Å². The van der Waals surface area contributed by atoms with Gasteiger partial charge in [0.15, 0.2) is 0 Å². The molecule has 5 nitrogen and oxygen atoms in total. The second kappa shape index (κ2) is 5.33. The SMILES string of the molecule is COC12CC3C(OC(C)=O)CCC(C)C3(C)CC1=C(C)C(=O)O2. The van der Waals surface area contributed by atoms with Gasteiger partial charge >= 0.3 is 11.9 Å². The highest BCUT2D eigenvalue weighted by molar-refractivity contribution is 5.92. The van der Waals surface area contributed by atoms with Crippen LogP contribution in [0.5, 0.6) is 0 Å². The summed E-state index contributed by atoms with van der Waals surface area (Å²) in [6.07, 6.45) is 3.04. The van der Waals surface area contributed by atoms with E-state index in [1.54, 1.807) is 7.11 Å². The van der Waals surface area contributed by atoms with Crippen molar-refractivity contribution >= 4 is 11.9 Å². The van der Waals surface area contributed by atoms with Gasteiger partial charge in [-0.05, 0) is 37.5 Å². The van der Waals surface area contributed by atoms with Crippen molar-refractivity contribution in [3.8, 4) is 0 Å². The third kappa shape index (κ3) is 2.32. The van der Waals surface area contributed by atoms with Crippen molar-refractivity contribution in [2.75, 3.05) is 7.11 Å². The van der Waals surface area contributed by atoms with Gasteiger partial charge in [-0.25, -0.2) is 4.79 Å². The molecule has 5 unspecified atom stereocenters. The van der Waals surface area contributed by atoms with Gasteiger partial charge in [-0.3, -0.25) is 4.79 Å². The van der Waals surface area contributed by atoms with Gasteiger partial charge in [0, 0.05) is 37.5 Å². The lowest BCUT2D eigenvalue weighted by atomic mass is 9.53. The number of methoxy groups -OCH3 is 1. The Morgan fingerprint density at radius 3 is 2.65 bits per heavy atom. The van der Waals surface area contributed by atoms with Crippen LogP contribution in [-0.4, -0.2) is 30.9 Å². The molecule has 0 aromatic carbocycles. The third-order valence-corrected chi connectivity index (χ3v) is 6.48. The maximum Gasteiger partial charge on any atom is 0.336 e. The minimum Gasteiger partial charge on any atom is -0.462 e. The van der Waals surface area contributed by atoms with E-state index >= 15 is 0 Å². The molecule has 0 aromatic rings. The van der Waals surface area contributed by atoms with E-state index in [0.29, 0.717) is 17.9 Å². The zero-order chi connectivity index (χ0) is 17.0. The highest BCUT2D eigenvalue weighted by atomic mass is 16.7. The topological polar surface area (TPSA) is 61.8 Å². The lowest BCUT2D eigenvalue weighted by Gasteiger charge is -2.55. The van der Waals surface area contributed by atoms with E-state index in [0.717, 1.165) is 24.8 Å². The van der Waals surface area contributed by atoms with Crippen molar-refractivity contribution < 1.29 is 23.8 Å². The normalized spacial score (nSPS) is 42.8. The second-order valence-electron chi connectivity index (χ2n) is 7.57. The van der Waals surface area contributed by atoms with E-state index in [2.05, 4.69) is 13.8 Å². The molecule has 0 amide bonds. The van der Waals surface area contributed by atoms with Crippen LogP contribution < -0.4 is 0 Å². The summed E-state index contributed by atoms with van der Waals surface area (Å²) in [5.74, 6) is -0.899. The number of ether oxygens (including phenoxy) is 3. The fraction of sp³-hybridized carbons (Fsp3) is 0.778. The number of carbonyl (C=O) groups is 2. The Balaban J connectivity index is 2.02. The first-order valence-electron chi connectivity index (χ1n) is 8.39. The first-order valence-corrected chi connectivity index (χ1v) is 8.39. The van der Waals surface area contributed by atoms with Gasteiger partial charge in [0.1, 0.15) is 6.10 Å². The molecular weight excluding hydrogens is 296 g/mol. The molecule has 5 atom stereocenters. The van der Waals surface area contributed by atoms with Crippen molar-refractivity contribution in [2.45, 2.75) is 65.3 Å². The lowest BCUT2D eigenvalue weighted by Crippen LogP contribution is -2.55. The van der Waals surface area contributed by atoms with E-state index < -0.39 is 5.79 Å². The maximum atomic E-state index is 12.1. The summed E-state index contributed by atoms with van der Waals surface area (Å²) in [4.78, 5) is 23.6. The molecule has 2 saturated carbocycles. The Morgan fingerprint density at radius 1 is 1.35 bits per heavy atom. The van der Waals surface area contributed by atoms with Crippen LogP contribution in [0.25, 0.3) is 0 Å². The number of carbonyl (C=O) groups excluding carboxylic acids is 2. The average Bonchev–Trinajstić information content (AvgIpc) is 2.73. The fourth-order valence-corrected chi connectivity index (χ4v) is 4.81. The summed E-state index contributed by atoms with van der Waals surface area (Å²) in [6.45, 7) is 7.78. The van der Waals surface area contributed by atoms with Crippen LogP contribution in [0.1, 0.15) is 53.4 Å². The van der Waals surface area contributed by atoms with E-state index in [1.165, 1.54) is 6.92 Å². The Bertz CT molecular complexity index is 580. The number of hydrogen-bond donors (Lipinski definition) is 0. The quantitative estimate of drug-likeness (QED) is 0.731. The van der Waals surface area contributed by atoms with Crippen LogP contribution in [0.4, 0.5) is 0 Å². The first-order chi connectivity index (χ1) is 10.7. The van der Waals surface area contributed by atoms with E-state index in [-0.39, 0.29) is 29.4 Å². The number of rotatable bonds is 2. The summed E-state index contributed by atoms with van der Waals surface area (Å²) < 4.78 is 16.9. The molecule has 0 bridgehead atoms. The molecule has 5 heteroatoms. The standard InChI is InChI=1S/C18H26O5/c1-10-6-7-15(22-12(3)19)14-9-18(21-5)13(8-17(10,14)4)11(2)16(20)23-18/h10,14-15H,6-9H2,1-5H3. The number of hydrogen-bond acceptors (Lipinski definition) is 5. The number of fused-ring (bicyclic) bond motifs is 2. The Labute approximate surface area is 137 Å². The van der Waals surface area contributed by atoms with E-state index in [9.17, 15) is 9.59 Å². The molecule has 1 aliphatic heterocycles. The molecule has 0 aromatic heterocycles. The van der Waals surface area contributed by atoms with Crippen LogP contribution in [0.3, 0.4) is 0 Å². The van der Waals surface area contributed by atoms with Crippen molar-refractivity contribution in [1.29, 1.82) is 0 Å². The lowest BCUT2D eigenvalue weighted by molar-refractivity contribution is -0.229. The fourth-order valence-electron chi connectivity index (χ4n) is 4.81. The maximum absolute atomic E-state index is 12.1.